The van der Waals surface area contributed by atoms with Crippen molar-refractivity contribution in [1.82, 2.24) is 9.88 Å². The maximum atomic E-state index is 12.4. The number of nitrogens with zero attached hydrogens (tertiary/aromatic N) is 1. The highest BCUT2D eigenvalue weighted by Crippen LogP contribution is 2.25. The Morgan fingerprint density at radius 2 is 1.88 bits per heavy atom. The largest absolute Gasteiger partial charge is 0.370 e. The molecule has 1 heterocycles. The zero-order valence-corrected chi connectivity index (χ0v) is 14.5. The molecule has 24 heavy (non-hydrogen) atoms. The van der Waals surface area contributed by atoms with Gasteiger partial charge in [-0.15, -0.1) is 0 Å². The fraction of sp³-hybridized carbons (Fsp3) is 0.368. The molecule has 1 aromatic heterocycles. The van der Waals surface area contributed by atoms with Crippen LogP contribution in [0.3, 0.4) is 0 Å². The van der Waals surface area contributed by atoms with E-state index in [0.29, 0.717) is 18.5 Å². The summed E-state index contributed by atoms with van der Waals surface area (Å²) >= 11 is 0. The molecule has 5 heteroatoms. The van der Waals surface area contributed by atoms with Crippen molar-refractivity contribution < 1.29 is 9.59 Å². The molecule has 2 amide bonds. The molecule has 0 saturated carbocycles. The Bertz CT molecular complexity index is 720. The van der Waals surface area contributed by atoms with Gasteiger partial charge in [0, 0.05) is 24.4 Å². The van der Waals surface area contributed by atoms with E-state index in [9.17, 15) is 9.59 Å². The van der Waals surface area contributed by atoms with Crippen molar-refractivity contribution in [3.05, 3.63) is 58.9 Å². The van der Waals surface area contributed by atoms with Crippen molar-refractivity contribution in [2.75, 3.05) is 6.54 Å². The Morgan fingerprint density at radius 1 is 1.21 bits per heavy atom. The number of nitrogens with one attached hydrogen (secondary N) is 1. The Labute approximate surface area is 142 Å². The summed E-state index contributed by atoms with van der Waals surface area (Å²) in [6, 6.07) is 12.3. The molecule has 3 N–H and O–H groups in total. The van der Waals surface area contributed by atoms with Gasteiger partial charge < -0.3 is 15.6 Å². The summed E-state index contributed by atoms with van der Waals surface area (Å²) in [4.78, 5) is 23.1. The van der Waals surface area contributed by atoms with Gasteiger partial charge in [-0.05, 0) is 38.8 Å². The Balaban J connectivity index is 2.13. The molecule has 0 unspecified atom stereocenters. The van der Waals surface area contributed by atoms with Crippen molar-refractivity contribution in [3.8, 4) is 0 Å². The van der Waals surface area contributed by atoms with Crippen molar-refractivity contribution in [3.63, 3.8) is 0 Å². The first-order valence-electron chi connectivity index (χ1n) is 8.21. The third-order valence-corrected chi connectivity index (χ3v) is 4.28. The first kappa shape index (κ1) is 17.8. The molecule has 2 aromatic rings. The Morgan fingerprint density at radius 3 is 2.50 bits per heavy atom. The standard InChI is InChI=1S/C19H25N3O2/c1-13-12-17(19(24)21-11-7-10-18(20)23)15(3)22(13)14(2)16-8-5-4-6-9-16/h4-6,8-9,12,14H,7,10-11H2,1-3H3,(H2,20,23)(H,21,24)/t14-/m1/s1. The van der Waals surface area contributed by atoms with E-state index < -0.39 is 0 Å². The Kier molecular flexibility index (Phi) is 5.79. The maximum absolute atomic E-state index is 12.4. The minimum atomic E-state index is -0.348. The zero-order valence-electron chi connectivity index (χ0n) is 14.5. The first-order valence-corrected chi connectivity index (χ1v) is 8.21. The summed E-state index contributed by atoms with van der Waals surface area (Å²) < 4.78 is 2.17. The van der Waals surface area contributed by atoms with E-state index in [1.807, 2.05) is 38.1 Å². The lowest BCUT2D eigenvalue weighted by Gasteiger charge is -2.19. The maximum Gasteiger partial charge on any atom is 0.253 e. The number of benzene rings is 1. The lowest BCUT2D eigenvalue weighted by molar-refractivity contribution is -0.118. The van der Waals surface area contributed by atoms with Gasteiger partial charge in [-0.3, -0.25) is 9.59 Å². The SMILES string of the molecule is Cc1cc(C(=O)NCCCC(N)=O)c(C)n1[C@H](C)c1ccccc1. The third-order valence-electron chi connectivity index (χ3n) is 4.28. The van der Waals surface area contributed by atoms with Gasteiger partial charge >= 0.3 is 0 Å². The summed E-state index contributed by atoms with van der Waals surface area (Å²) in [5.74, 6) is -0.460. The average Bonchev–Trinajstić information content (AvgIpc) is 2.86. The highest BCUT2D eigenvalue weighted by Gasteiger charge is 2.19. The molecule has 5 nitrogen and oxygen atoms in total. The molecule has 1 aromatic carbocycles. The van der Waals surface area contributed by atoms with Crippen LogP contribution in [0, 0.1) is 13.8 Å². The van der Waals surface area contributed by atoms with Gasteiger partial charge in [-0.25, -0.2) is 0 Å². The summed E-state index contributed by atoms with van der Waals surface area (Å²) in [5.41, 5.74) is 8.97. The normalized spacial score (nSPS) is 12.0. The van der Waals surface area contributed by atoms with Crippen LogP contribution in [0.5, 0.6) is 0 Å². The molecule has 0 radical (unpaired) electrons. The predicted octanol–water partition coefficient (Wildman–Crippen LogP) is 2.71. The molecule has 128 valence electrons. The van der Waals surface area contributed by atoms with E-state index in [1.165, 1.54) is 5.56 Å². The summed E-state index contributed by atoms with van der Waals surface area (Å²) in [5, 5.41) is 2.85. The zero-order chi connectivity index (χ0) is 17.7. The van der Waals surface area contributed by atoms with Crippen LogP contribution in [-0.4, -0.2) is 22.9 Å². The van der Waals surface area contributed by atoms with Gasteiger partial charge in [0.1, 0.15) is 0 Å². The fourth-order valence-corrected chi connectivity index (χ4v) is 3.04. The minimum Gasteiger partial charge on any atom is -0.370 e. The number of aryl methyl sites for hydroxylation is 1. The number of hydrogen-bond acceptors (Lipinski definition) is 2. The van der Waals surface area contributed by atoms with E-state index in [-0.39, 0.29) is 24.3 Å². The molecule has 0 aliphatic rings. The molecular weight excluding hydrogens is 302 g/mol. The van der Waals surface area contributed by atoms with Crippen molar-refractivity contribution >= 4 is 11.8 Å². The minimum absolute atomic E-state index is 0.112. The quantitative estimate of drug-likeness (QED) is 0.767. The van der Waals surface area contributed by atoms with Gasteiger partial charge in [0.25, 0.3) is 5.91 Å². The van der Waals surface area contributed by atoms with Crippen LogP contribution in [0.1, 0.15) is 53.1 Å². The van der Waals surface area contributed by atoms with Gasteiger partial charge in [0.2, 0.25) is 5.91 Å². The second-order valence-corrected chi connectivity index (χ2v) is 6.07. The monoisotopic (exact) mass is 327 g/mol. The third kappa shape index (κ3) is 4.04. The molecule has 0 bridgehead atoms. The summed E-state index contributed by atoms with van der Waals surface area (Å²) in [6.07, 6.45) is 0.838. The second kappa shape index (κ2) is 7.81. The first-order chi connectivity index (χ1) is 11.4. The second-order valence-electron chi connectivity index (χ2n) is 6.07. The molecule has 0 spiro atoms. The Hall–Kier alpha value is -2.56. The lowest BCUT2D eigenvalue weighted by atomic mass is 10.1. The van der Waals surface area contributed by atoms with Crippen LogP contribution in [0.25, 0.3) is 0 Å². The molecule has 1 atom stereocenters. The van der Waals surface area contributed by atoms with Crippen LogP contribution >= 0.6 is 0 Å². The number of amides is 2. The van der Waals surface area contributed by atoms with Crippen LogP contribution in [0.2, 0.25) is 0 Å². The smallest absolute Gasteiger partial charge is 0.253 e. The van der Waals surface area contributed by atoms with Gasteiger partial charge in [0.15, 0.2) is 0 Å². The number of carbonyl (C=O) groups is 2. The van der Waals surface area contributed by atoms with E-state index in [2.05, 4.69) is 28.9 Å². The van der Waals surface area contributed by atoms with E-state index >= 15 is 0 Å². The van der Waals surface area contributed by atoms with Crippen LogP contribution in [-0.2, 0) is 4.79 Å². The van der Waals surface area contributed by atoms with Gasteiger partial charge in [-0.2, -0.15) is 0 Å². The summed E-state index contributed by atoms with van der Waals surface area (Å²) in [7, 11) is 0. The van der Waals surface area contributed by atoms with Crippen molar-refractivity contribution in [2.45, 2.75) is 39.7 Å². The van der Waals surface area contributed by atoms with Gasteiger partial charge in [0.05, 0.1) is 11.6 Å². The fourth-order valence-electron chi connectivity index (χ4n) is 3.04. The highest BCUT2D eigenvalue weighted by atomic mass is 16.2. The van der Waals surface area contributed by atoms with Crippen molar-refractivity contribution in [2.24, 2.45) is 5.73 Å². The lowest BCUT2D eigenvalue weighted by Crippen LogP contribution is -2.26. The van der Waals surface area contributed by atoms with Crippen molar-refractivity contribution in [1.29, 1.82) is 0 Å². The number of rotatable bonds is 7. The molecule has 0 fully saturated rings. The topological polar surface area (TPSA) is 77.1 Å². The number of carbonyl (C=O) groups excluding carboxylic acids is 2. The molecule has 0 saturated heterocycles. The predicted molar refractivity (Wildman–Crippen MR) is 94.9 cm³/mol. The molecular formula is C19H25N3O2. The molecule has 2 rings (SSSR count). The summed E-state index contributed by atoms with van der Waals surface area (Å²) in [6.45, 7) is 6.55. The van der Waals surface area contributed by atoms with Crippen LogP contribution in [0.15, 0.2) is 36.4 Å². The van der Waals surface area contributed by atoms with Crippen LogP contribution < -0.4 is 11.1 Å². The van der Waals surface area contributed by atoms with E-state index in [1.54, 1.807) is 0 Å². The average molecular weight is 327 g/mol. The number of nitrogens with two attached hydrogens (primary N) is 1. The van der Waals surface area contributed by atoms with Gasteiger partial charge in [-0.1, -0.05) is 30.3 Å². The highest BCUT2D eigenvalue weighted by molar-refractivity contribution is 5.95. The number of aromatic nitrogens is 1. The molecule has 0 aliphatic carbocycles. The van der Waals surface area contributed by atoms with E-state index in [0.717, 1.165) is 11.4 Å². The van der Waals surface area contributed by atoms with E-state index in [4.69, 9.17) is 5.73 Å². The molecule has 0 aliphatic heterocycles. The number of hydrogen-bond donors (Lipinski definition) is 2. The number of primary amides is 1. The van der Waals surface area contributed by atoms with Crippen LogP contribution in [0.4, 0.5) is 0 Å².